The fourth-order valence-corrected chi connectivity index (χ4v) is 1.38. The number of nitrogens with zero attached hydrogens (tertiary/aromatic N) is 1. The minimum absolute atomic E-state index is 0.213. The van der Waals surface area contributed by atoms with Crippen molar-refractivity contribution in [1.29, 1.82) is 5.26 Å². The van der Waals surface area contributed by atoms with E-state index in [0.717, 1.165) is 16.7 Å². The van der Waals surface area contributed by atoms with Gasteiger partial charge in [0.15, 0.2) is 0 Å². The van der Waals surface area contributed by atoms with E-state index in [9.17, 15) is 4.79 Å². The van der Waals surface area contributed by atoms with E-state index in [4.69, 9.17) is 10.4 Å². The van der Waals surface area contributed by atoms with Gasteiger partial charge in [0.25, 0.3) is 0 Å². The number of carboxylic acids is 1. The molecule has 0 spiro atoms. The van der Waals surface area contributed by atoms with Crippen LogP contribution in [-0.2, 0) is 0 Å². The molecular formula is C11H11NO2. The van der Waals surface area contributed by atoms with Crippen molar-refractivity contribution in [3.05, 3.63) is 33.9 Å². The van der Waals surface area contributed by atoms with Gasteiger partial charge in [-0.15, -0.1) is 0 Å². The van der Waals surface area contributed by atoms with Crippen LogP contribution < -0.4 is 0 Å². The summed E-state index contributed by atoms with van der Waals surface area (Å²) in [6.07, 6.45) is 0. The molecule has 1 rings (SSSR count). The van der Waals surface area contributed by atoms with E-state index in [0.29, 0.717) is 5.56 Å². The van der Waals surface area contributed by atoms with Gasteiger partial charge >= 0.3 is 5.97 Å². The zero-order valence-corrected chi connectivity index (χ0v) is 8.38. The van der Waals surface area contributed by atoms with Crippen molar-refractivity contribution in [2.24, 2.45) is 0 Å². The molecule has 0 aromatic heterocycles. The second-order valence-electron chi connectivity index (χ2n) is 3.26. The fraction of sp³-hybridized carbons (Fsp3) is 0.273. The molecule has 0 aliphatic carbocycles. The Morgan fingerprint density at radius 3 is 2.29 bits per heavy atom. The van der Waals surface area contributed by atoms with Crippen LogP contribution >= 0.6 is 0 Å². The number of nitriles is 1. The van der Waals surface area contributed by atoms with Gasteiger partial charge in [0, 0.05) is 0 Å². The number of hydrogen-bond acceptors (Lipinski definition) is 2. The SMILES string of the molecule is Cc1c(C#N)cc(C(=O)O)c(C)c1C. The van der Waals surface area contributed by atoms with Gasteiger partial charge in [0.2, 0.25) is 0 Å². The zero-order valence-electron chi connectivity index (χ0n) is 8.38. The summed E-state index contributed by atoms with van der Waals surface area (Å²) in [5.41, 5.74) is 3.11. The maximum Gasteiger partial charge on any atom is 0.336 e. The van der Waals surface area contributed by atoms with Gasteiger partial charge in [-0.3, -0.25) is 0 Å². The van der Waals surface area contributed by atoms with Gasteiger partial charge in [0.05, 0.1) is 17.2 Å². The Labute approximate surface area is 82.6 Å². The summed E-state index contributed by atoms with van der Waals surface area (Å²) in [7, 11) is 0. The highest BCUT2D eigenvalue weighted by atomic mass is 16.4. The molecule has 0 heterocycles. The van der Waals surface area contributed by atoms with Gasteiger partial charge in [-0.05, 0) is 43.5 Å². The molecule has 1 aromatic rings. The number of rotatable bonds is 1. The average molecular weight is 189 g/mol. The number of carboxylic acid groups (broad SMARTS) is 1. The molecule has 3 heteroatoms. The third-order valence-corrected chi connectivity index (χ3v) is 2.57. The lowest BCUT2D eigenvalue weighted by Gasteiger charge is -2.09. The Kier molecular flexibility index (Phi) is 2.57. The van der Waals surface area contributed by atoms with Crippen LogP contribution in [0.4, 0.5) is 0 Å². The van der Waals surface area contributed by atoms with Crippen LogP contribution in [0, 0.1) is 32.1 Å². The predicted octanol–water partition coefficient (Wildman–Crippen LogP) is 2.18. The number of carbonyl (C=O) groups is 1. The number of hydrogen-bond donors (Lipinski definition) is 1. The minimum atomic E-state index is -0.984. The second-order valence-corrected chi connectivity index (χ2v) is 3.26. The number of aromatic carboxylic acids is 1. The number of benzene rings is 1. The largest absolute Gasteiger partial charge is 0.478 e. The molecule has 1 aromatic carbocycles. The molecule has 0 aliphatic rings. The summed E-state index contributed by atoms with van der Waals surface area (Å²) in [5, 5.41) is 17.7. The molecule has 0 saturated carbocycles. The standard InChI is InChI=1S/C11H11NO2/c1-6-7(2)9(5-12)4-10(8(6)3)11(13)14/h4H,1-3H3,(H,13,14). The van der Waals surface area contributed by atoms with Crippen molar-refractivity contribution >= 4 is 5.97 Å². The van der Waals surface area contributed by atoms with Crippen LogP contribution in [0.2, 0.25) is 0 Å². The summed E-state index contributed by atoms with van der Waals surface area (Å²) in [6, 6.07) is 3.43. The van der Waals surface area contributed by atoms with Crippen molar-refractivity contribution in [3.8, 4) is 6.07 Å². The molecule has 0 radical (unpaired) electrons. The van der Waals surface area contributed by atoms with Crippen molar-refractivity contribution < 1.29 is 9.90 Å². The van der Waals surface area contributed by atoms with Gasteiger partial charge in [-0.2, -0.15) is 5.26 Å². The van der Waals surface area contributed by atoms with Crippen molar-refractivity contribution in [2.75, 3.05) is 0 Å². The molecule has 72 valence electrons. The van der Waals surface area contributed by atoms with Crippen molar-refractivity contribution in [2.45, 2.75) is 20.8 Å². The second kappa shape index (κ2) is 3.51. The summed E-state index contributed by atoms with van der Waals surface area (Å²) in [6.45, 7) is 5.41. The molecule has 0 amide bonds. The van der Waals surface area contributed by atoms with Gasteiger partial charge < -0.3 is 5.11 Å². The Bertz CT molecular complexity index is 442. The first kappa shape index (κ1) is 10.3. The Morgan fingerprint density at radius 1 is 1.29 bits per heavy atom. The summed E-state index contributed by atoms with van der Waals surface area (Å²) >= 11 is 0. The molecule has 0 aliphatic heterocycles. The van der Waals surface area contributed by atoms with Crippen LogP contribution in [0.1, 0.15) is 32.6 Å². The maximum atomic E-state index is 10.8. The highest BCUT2D eigenvalue weighted by molar-refractivity contribution is 5.90. The molecule has 0 atom stereocenters. The summed E-state index contributed by atoms with van der Waals surface area (Å²) in [5.74, 6) is -0.984. The maximum absolute atomic E-state index is 10.8. The Balaban J connectivity index is 3.59. The molecule has 3 nitrogen and oxygen atoms in total. The topological polar surface area (TPSA) is 61.1 Å². The van der Waals surface area contributed by atoms with Crippen LogP contribution in [0.5, 0.6) is 0 Å². The molecule has 0 saturated heterocycles. The minimum Gasteiger partial charge on any atom is -0.478 e. The van der Waals surface area contributed by atoms with Crippen LogP contribution in [0.25, 0.3) is 0 Å². The lowest BCUT2D eigenvalue weighted by Crippen LogP contribution is -2.04. The monoisotopic (exact) mass is 189 g/mol. The van der Waals surface area contributed by atoms with E-state index in [-0.39, 0.29) is 5.56 Å². The van der Waals surface area contributed by atoms with E-state index < -0.39 is 5.97 Å². The normalized spacial score (nSPS) is 9.57. The van der Waals surface area contributed by atoms with Crippen molar-refractivity contribution in [3.63, 3.8) is 0 Å². The molecule has 0 bridgehead atoms. The molecular weight excluding hydrogens is 178 g/mol. The molecule has 1 N–H and O–H groups in total. The van der Waals surface area contributed by atoms with E-state index in [1.165, 1.54) is 6.07 Å². The van der Waals surface area contributed by atoms with Crippen molar-refractivity contribution in [1.82, 2.24) is 0 Å². The molecule has 0 unspecified atom stereocenters. The highest BCUT2D eigenvalue weighted by Gasteiger charge is 2.13. The smallest absolute Gasteiger partial charge is 0.336 e. The third kappa shape index (κ3) is 1.47. The first-order valence-corrected chi connectivity index (χ1v) is 4.23. The first-order chi connectivity index (χ1) is 6.49. The summed E-state index contributed by atoms with van der Waals surface area (Å²) < 4.78 is 0. The quantitative estimate of drug-likeness (QED) is 0.736. The highest BCUT2D eigenvalue weighted by Crippen LogP contribution is 2.21. The third-order valence-electron chi connectivity index (χ3n) is 2.57. The molecule has 0 fully saturated rings. The van der Waals surface area contributed by atoms with E-state index in [1.807, 2.05) is 19.9 Å². The van der Waals surface area contributed by atoms with Crippen LogP contribution in [0.15, 0.2) is 6.07 Å². The first-order valence-electron chi connectivity index (χ1n) is 4.23. The van der Waals surface area contributed by atoms with E-state index in [1.54, 1.807) is 6.92 Å². The average Bonchev–Trinajstić information content (AvgIpc) is 2.14. The Hall–Kier alpha value is -1.82. The van der Waals surface area contributed by atoms with E-state index in [2.05, 4.69) is 0 Å². The van der Waals surface area contributed by atoms with Crippen LogP contribution in [-0.4, -0.2) is 11.1 Å². The van der Waals surface area contributed by atoms with Crippen LogP contribution in [0.3, 0.4) is 0 Å². The lowest BCUT2D eigenvalue weighted by molar-refractivity contribution is 0.0696. The Morgan fingerprint density at radius 2 is 1.86 bits per heavy atom. The molecule has 14 heavy (non-hydrogen) atoms. The predicted molar refractivity (Wildman–Crippen MR) is 52.3 cm³/mol. The van der Waals surface area contributed by atoms with Gasteiger partial charge in [-0.25, -0.2) is 4.79 Å². The van der Waals surface area contributed by atoms with Gasteiger partial charge in [0.1, 0.15) is 0 Å². The van der Waals surface area contributed by atoms with Gasteiger partial charge in [-0.1, -0.05) is 0 Å². The van der Waals surface area contributed by atoms with E-state index >= 15 is 0 Å². The zero-order chi connectivity index (χ0) is 10.9. The lowest BCUT2D eigenvalue weighted by atomic mass is 9.94. The fourth-order valence-electron chi connectivity index (χ4n) is 1.38. The summed E-state index contributed by atoms with van der Waals surface area (Å²) in [4.78, 5) is 10.8.